The molecule has 1 aliphatic rings. The van der Waals surface area contributed by atoms with Crippen LogP contribution < -0.4 is 0 Å². The van der Waals surface area contributed by atoms with Crippen LogP contribution in [0.4, 0.5) is 0 Å². The van der Waals surface area contributed by atoms with Gasteiger partial charge >= 0.3 is 5.97 Å². The number of hydrogen-bond donors (Lipinski definition) is 4. The Hall–Kier alpha value is -1.59. The molecule has 1 saturated heterocycles. The molecule has 59 heavy (non-hydrogen) atoms. The second kappa shape index (κ2) is 41.7. The maximum atomic E-state index is 12.8. The number of hydrogen-bond acceptors (Lipinski definition) is 9. The highest BCUT2D eigenvalue weighted by atomic mass is 16.7. The van der Waals surface area contributed by atoms with Gasteiger partial charge in [0.15, 0.2) is 6.29 Å². The van der Waals surface area contributed by atoms with Gasteiger partial charge in [0.2, 0.25) is 0 Å². The summed E-state index contributed by atoms with van der Waals surface area (Å²) in [5, 5.41) is 40.1. The number of ether oxygens (including phenoxy) is 4. The molecule has 346 valence electrons. The minimum absolute atomic E-state index is 0.123. The van der Waals surface area contributed by atoms with Crippen molar-refractivity contribution in [2.45, 2.75) is 250 Å². The monoisotopic (exact) mass is 837 g/mol. The molecule has 1 fully saturated rings. The van der Waals surface area contributed by atoms with E-state index in [1.165, 1.54) is 135 Å². The Morgan fingerprint density at radius 2 is 1.03 bits per heavy atom. The maximum absolute atomic E-state index is 12.8. The van der Waals surface area contributed by atoms with Crippen LogP contribution in [0.15, 0.2) is 36.5 Å². The number of carbonyl (C=O) groups is 1. The van der Waals surface area contributed by atoms with E-state index in [-0.39, 0.29) is 25.6 Å². The molecule has 0 radical (unpaired) electrons. The standard InChI is InChI=1S/C50H92O9/c1-3-5-7-9-11-13-15-17-18-19-20-21-22-23-24-25-26-28-30-32-34-36-38-40-56-42-44(43-57-50-49(55)48(54)47(53)45(41-51)59-50)58-46(52)39-37-35-33-31-29-27-16-14-12-10-8-6-4-2/h6,8,12,14,27,29,44-45,47-51,53-55H,3-5,7,9-11,13,15-26,28,30-43H2,1-2H3/b8-6-,14-12-,29-27-. The van der Waals surface area contributed by atoms with E-state index in [9.17, 15) is 25.2 Å². The molecule has 9 nitrogen and oxygen atoms in total. The molecule has 0 bridgehead atoms. The SMILES string of the molecule is CC/C=C\C/C=C\C/C=C\CCCCCC(=O)OC(COCCCCCCCCCCCCCCCCCCCCCCCCC)COC1OC(CO)C(O)C(O)C1O. The van der Waals surface area contributed by atoms with Gasteiger partial charge in [-0.15, -0.1) is 0 Å². The van der Waals surface area contributed by atoms with Crippen molar-refractivity contribution in [1.29, 1.82) is 0 Å². The van der Waals surface area contributed by atoms with Crippen LogP contribution in [0.1, 0.15) is 213 Å². The third-order valence-electron chi connectivity index (χ3n) is 11.3. The van der Waals surface area contributed by atoms with Crippen LogP contribution in [-0.4, -0.2) is 89.6 Å². The van der Waals surface area contributed by atoms with E-state index in [0.29, 0.717) is 6.61 Å². The Bertz CT molecular complexity index is 999. The Kier molecular flexibility index (Phi) is 39.2. The molecule has 0 saturated carbocycles. The summed E-state index contributed by atoms with van der Waals surface area (Å²) in [6.07, 6.45) is 43.4. The summed E-state index contributed by atoms with van der Waals surface area (Å²) in [7, 11) is 0. The Morgan fingerprint density at radius 3 is 1.54 bits per heavy atom. The second-order valence-electron chi connectivity index (χ2n) is 16.9. The van der Waals surface area contributed by atoms with Crippen molar-refractivity contribution < 1.29 is 44.2 Å². The number of carbonyl (C=O) groups excluding carboxylic acids is 1. The minimum atomic E-state index is -1.54. The van der Waals surface area contributed by atoms with Crippen LogP contribution >= 0.6 is 0 Å². The van der Waals surface area contributed by atoms with Crippen molar-refractivity contribution >= 4 is 5.97 Å². The molecule has 0 aliphatic carbocycles. The fourth-order valence-electron chi connectivity index (χ4n) is 7.51. The highest BCUT2D eigenvalue weighted by Crippen LogP contribution is 2.23. The third-order valence-corrected chi connectivity index (χ3v) is 11.3. The summed E-state index contributed by atoms with van der Waals surface area (Å²) >= 11 is 0. The van der Waals surface area contributed by atoms with E-state index in [4.69, 9.17) is 18.9 Å². The van der Waals surface area contributed by atoms with E-state index < -0.39 is 43.4 Å². The molecule has 9 heteroatoms. The van der Waals surface area contributed by atoms with Gasteiger partial charge in [-0.25, -0.2) is 0 Å². The summed E-state index contributed by atoms with van der Waals surface area (Å²) < 4.78 is 22.8. The second-order valence-corrected chi connectivity index (χ2v) is 16.9. The summed E-state index contributed by atoms with van der Waals surface area (Å²) in [4.78, 5) is 12.8. The first-order valence-electron chi connectivity index (χ1n) is 24.6. The smallest absolute Gasteiger partial charge is 0.306 e. The average molecular weight is 837 g/mol. The molecular weight excluding hydrogens is 745 g/mol. The number of rotatable bonds is 42. The van der Waals surface area contributed by atoms with E-state index in [2.05, 4.69) is 50.3 Å². The van der Waals surface area contributed by atoms with Crippen molar-refractivity contribution in [3.63, 3.8) is 0 Å². The van der Waals surface area contributed by atoms with Gasteiger partial charge in [-0.2, -0.15) is 0 Å². The molecule has 4 N–H and O–H groups in total. The Morgan fingerprint density at radius 1 is 0.559 bits per heavy atom. The molecule has 6 unspecified atom stereocenters. The molecule has 0 spiro atoms. The van der Waals surface area contributed by atoms with E-state index in [1.54, 1.807) is 0 Å². The number of unbranched alkanes of at least 4 members (excludes halogenated alkanes) is 25. The highest BCUT2D eigenvalue weighted by Gasteiger charge is 2.44. The lowest BCUT2D eigenvalue weighted by Gasteiger charge is -2.39. The summed E-state index contributed by atoms with van der Waals surface area (Å²) in [5.74, 6) is -0.339. The molecule has 1 rings (SSSR count). The largest absolute Gasteiger partial charge is 0.457 e. The molecule has 0 aromatic carbocycles. The van der Waals surface area contributed by atoms with Crippen molar-refractivity contribution in [3.05, 3.63) is 36.5 Å². The summed E-state index contributed by atoms with van der Waals surface area (Å²) in [5.41, 5.74) is 0. The van der Waals surface area contributed by atoms with E-state index in [1.807, 2.05) is 0 Å². The van der Waals surface area contributed by atoms with Crippen LogP contribution in [0.3, 0.4) is 0 Å². The normalized spacial score (nSPS) is 20.4. The van der Waals surface area contributed by atoms with Crippen LogP contribution in [-0.2, 0) is 23.7 Å². The minimum Gasteiger partial charge on any atom is -0.457 e. The first-order valence-corrected chi connectivity index (χ1v) is 24.6. The molecule has 0 aromatic rings. The average Bonchev–Trinajstić information content (AvgIpc) is 3.24. The van der Waals surface area contributed by atoms with Gasteiger partial charge in [0.05, 0.1) is 19.8 Å². The van der Waals surface area contributed by atoms with Gasteiger partial charge in [0.25, 0.3) is 0 Å². The molecule has 6 atom stereocenters. The van der Waals surface area contributed by atoms with E-state index >= 15 is 0 Å². The van der Waals surface area contributed by atoms with Gasteiger partial charge < -0.3 is 39.4 Å². The molecule has 0 amide bonds. The van der Waals surface area contributed by atoms with Gasteiger partial charge in [-0.05, 0) is 44.9 Å². The quantitative estimate of drug-likeness (QED) is 0.0269. The predicted octanol–water partition coefficient (Wildman–Crippen LogP) is 11.5. The van der Waals surface area contributed by atoms with Crippen LogP contribution in [0.5, 0.6) is 0 Å². The first kappa shape index (κ1) is 55.4. The summed E-state index contributed by atoms with van der Waals surface area (Å²) in [6, 6.07) is 0. The zero-order valence-corrected chi connectivity index (χ0v) is 38.0. The number of aliphatic hydroxyl groups excluding tert-OH is 4. The fraction of sp³-hybridized carbons (Fsp3) is 0.860. The lowest BCUT2D eigenvalue weighted by atomic mass is 9.99. The zero-order valence-electron chi connectivity index (χ0n) is 38.0. The predicted molar refractivity (Wildman–Crippen MR) is 242 cm³/mol. The van der Waals surface area contributed by atoms with Crippen molar-refractivity contribution in [1.82, 2.24) is 0 Å². The fourth-order valence-corrected chi connectivity index (χ4v) is 7.51. The topological polar surface area (TPSA) is 135 Å². The van der Waals surface area contributed by atoms with Gasteiger partial charge in [-0.1, -0.05) is 198 Å². The molecular formula is C50H92O9. The number of esters is 1. The summed E-state index contributed by atoms with van der Waals surface area (Å²) in [6.45, 7) is 4.44. The zero-order chi connectivity index (χ0) is 42.9. The van der Waals surface area contributed by atoms with Crippen LogP contribution in [0, 0.1) is 0 Å². The van der Waals surface area contributed by atoms with Gasteiger partial charge in [0, 0.05) is 13.0 Å². The molecule has 1 heterocycles. The lowest BCUT2D eigenvalue weighted by Crippen LogP contribution is -2.59. The van der Waals surface area contributed by atoms with Crippen molar-refractivity contribution in [3.8, 4) is 0 Å². The number of aliphatic hydroxyl groups is 4. The van der Waals surface area contributed by atoms with Gasteiger partial charge in [-0.3, -0.25) is 4.79 Å². The lowest BCUT2D eigenvalue weighted by molar-refractivity contribution is -0.305. The number of allylic oxidation sites excluding steroid dienone is 6. The van der Waals surface area contributed by atoms with Crippen LogP contribution in [0.2, 0.25) is 0 Å². The van der Waals surface area contributed by atoms with Crippen molar-refractivity contribution in [2.75, 3.05) is 26.4 Å². The third kappa shape index (κ3) is 32.7. The van der Waals surface area contributed by atoms with Gasteiger partial charge in [0.1, 0.15) is 30.5 Å². The van der Waals surface area contributed by atoms with E-state index in [0.717, 1.165) is 57.8 Å². The van der Waals surface area contributed by atoms with Crippen molar-refractivity contribution in [2.24, 2.45) is 0 Å². The maximum Gasteiger partial charge on any atom is 0.306 e. The van der Waals surface area contributed by atoms with Crippen LogP contribution in [0.25, 0.3) is 0 Å². The molecule has 0 aromatic heterocycles. The first-order chi connectivity index (χ1) is 28.9. The molecule has 1 aliphatic heterocycles. The highest BCUT2D eigenvalue weighted by molar-refractivity contribution is 5.69. The Labute approximate surface area is 361 Å². The Balaban J connectivity index is 2.18.